The summed E-state index contributed by atoms with van der Waals surface area (Å²) in [5, 5.41) is 14.4. The molecule has 1 aliphatic heterocycles. The van der Waals surface area contributed by atoms with Crippen molar-refractivity contribution < 1.29 is 23.7 Å². The fourth-order valence-electron chi connectivity index (χ4n) is 4.98. The highest BCUT2D eigenvalue weighted by molar-refractivity contribution is 8.14. The fourth-order valence-corrected chi connectivity index (χ4v) is 6.33. The molecule has 0 radical (unpaired) electrons. The zero-order chi connectivity index (χ0) is 35.8. The van der Waals surface area contributed by atoms with E-state index in [9.17, 15) is 24.5 Å². The maximum absolute atomic E-state index is 14.0. The lowest BCUT2D eigenvalue weighted by atomic mass is 9.99. The molecule has 0 fully saturated rings. The van der Waals surface area contributed by atoms with Crippen LogP contribution in [-0.2, 0) is 14.4 Å². The molecular formula is C37H28Cl2N4O6S. The van der Waals surface area contributed by atoms with Crippen molar-refractivity contribution in [2.24, 2.45) is 4.99 Å². The summed E-state index contributed by atoms with van der Waals surface area (Å²) >= 11 is 13.2. The van der Waals surface area contributed by atoms with Crippen LogP contribution in [0.25, 0.3) is 17.4 Å². The lowest BCUT2D eigenvalue weighted by molar-refractivity contribution is -0.384. The lowest BCUT2D eigenvalue weighted by Gasteiger charge is -2.28. The van der Waals surface area contributed by atoms with Crippen molar-refractivity contribution in [2.75, 3.05) is 5.75 Å². The van der Waals surface area contributed by atoms with Crippen LogP contribution in [0.4, 0.5) is 5.69 Å². The number of nitrogens with one attached hydrogen (secondary N) is 1. The topological polar surface area (TPSA) is 135 Å². The van der Waals surface area contributed by atoms with Gasteiger partial charge in [-0.25, -0.2) is 0 Å². The Hall–Kier alpha value is -5.49. The molecule has 50 heavy (non-hydrogen) atoms. The zero-order valence-corrected chi connectivity index (χ0v) is 28.7. The Morgan fingerprint density at radius 2 is 1.70 bits per heavy atom. The summed E-state index contributed by atoms with van der Waals surface area (Å²) in [6, 6.07) is 24.0. The number of rotatable bonds is 11. The van der Waals surface area contributed by atoms with Crippen molar-refractivity contribution >= 4 is 69.6 Å². The number of hydrogen-bond donors (Lipinski definition) is 1. The summed E-state index contributed by atoms with van der Waals surface area (Å²) in [6.07, 6.45) is 7.65. The molecule has 252 valence electrons. The van der Waals surface area contributed by atoms with E-state index in [4.69, 9.17) is 27.6 Å². The van der Waals surface area contributed by atoms with E-state index in [0.717, 1.165) is 22.9 Å². The van der Waals surface area contributed by atoms with Crippen molar-refractivity contribution in [2.45, 2.75) is 13.0 Å². The Balaban J connectivity index is 1.43. The van der Waals surface area contributed by atoms with E-state index < -0.39 is 22.8 Å². The molecule has 0 saturated heterocycles. The monoisotopic (exact) mass is 726 g/mol. The number of allylic oxidation sites excluding steroid dienone is 4. The molecule has 5 rings (SSSR count). The van der Waals surface area contributed by atoms with Crippen LogP contribution in [0.15, 0.2) is 136 Å². The molecule has 1 N–H and O–H groups in total. The predicted octanol–water partition coefficient (Wildman–Crippen LogP) is 8.55. The molecule has 4 aromatic rings. The van der Waals surface area contributed by atoms with Gasteiger partial charge in [0.15, 0.2) is 5.17 Å². The number of carbonyl (C=O) groups is 3. The van der Waals surface area contributed by atoms with Crippen molar-refractivity contribution in [1.29, 1.82) is 0 Å². The molecular weight excluding hydrogens is 699 g/mol. The number of nitrogens with zero attached hydrogens (tertiary/aromatic N) is 3. The number of nitro benzene ring substituents is 1. The van der Waals surface area contributed by atoms with Crippen LogP contribution in [0.1, 0.15) is 29.9 Å². The van der Waals surface area contributed by atoms with Crippen molar-refractivity contribution in [3.8, 4) is 11.3 Å². The molecule has 0 saturated carbocycles. The van der Waals surface area contributed by atoms with Gasteiger partial charge in [-0.2, -0.15) is 4.99 Å². The number of furan rings is 1. The third-order valence-corrected chi connectivity index (χ3v) is 8.88. The van der Waals surface area contributed by atoms with Crippen LogP contribution in [0.2, 0.25) is 10.0 Å². The number of aliphatic imine (C=N–C) groups is 1. The van der Waals surface area contributed by atoms with Gasteiger partial charge < -0.3 is 9.73 Å². The van der Waals surface area contributed by atoms with E-state index in [1.807, 2.05) is 60.7 Å². The number of carbonyl (C=O) groups excluding carboxylic acids is 3. The number of nitro groups is 1. The molecule has 0 bridgehead atoms. The van der Waals surface area contributed by atoms with Gasteiger partial charge in [-0.05, 0) is 48.4 Å². The fraction of sp³-hybridized carbons (Fsp3) is 0.0811. The van der Waals surface area contributed by atoms with Gasteiger partial charge >= 0.3 is 0 Å². The van der Waals surface area contributed by atoms with Gasteiger partial charge in [0.2, 0.25) is 5.91 Å². The first-order chi connectivity index (χ1) is 24.1. The first kappa shape index (κ1) is 35.8. The maximum atomic E-state index is 14.0. The van der Waals surface area contributed by atoms with E-state index in [2.05, 4.69) is 16.9 Å². The zero-order valence-electron chi connectivity index (χ0n) is 26.4. The first-order valence-corrected chi connectivity index (χ1v) is 16.8. The molecule has 0 aliphatic carbocycles. The highest BCUT2D eigenvalue weighted by Gasteiger charge is 2.35. The number of thioether (sulfide) groups is 1. The highest BCUT2D eigenvalue weighted by atomic mass is 35.5. The van der Waals surface area contributed by atoms with Crippen LogP contribution >= 0.6 is 35.0 Å². The summed E-state index contributed by atoms with van der Waals surface area (Å²) in [4.78, 5) is 56.9. The second kappa shape index (κ2) is 16.3. The SMILES string of the molecule is C=C/C=C\C(=C/C)N1C(=O)/C(=C/c2ccc(-c3cc([N+](=O)[O-])c(Cl)cc3Cl)o2)C(=O)N=C1SCC(=O)NC(c1ccccc1)c1ccccc1. The third-order valence-electron chi connectivity index (χ3n) is 7.32. The summed E-state index contributed by atoms with van der Waals surface area (Å²) in [5.74, 6) is -1.81. The van der Waals surface area contributed by atoms with Gasteiger partial charge in [0.1, 0.15) is 22.1 Å². The average molecular weight is 728 g/mol. The molecule has 0 spiro atoms. The molecule has 3 amide bonds. The van der Waals surface area contributed by atoms with Crippen LogP contribution in [-0.4, -0.2) is 38.5 Å². The van der Waals surface area contributed by atoms with E-state index in [0.29, 0.717) is 5.70 Å². The number of benzene rings is 3. The summed E-state index contributed by atoms with van der Waals surface area (Å²) in [6.45, 7) is 5.40. The van der Waals surface area contributed by atoms with Gasteiger partial charge in [-0.15, -0.1) is 0 Å². The van der Waals surface area contributed by atoms with Crippen LogP contribution in [0.5, 0.6) is 0 Å². The molecule has 2 heterocycles. The van der Waals surface area contributed by atoms with Crippen molar-refractivity contribution in [3.05, 3.63) is 164 Å². The second-order valence-electron chi connectivity index (χ2n) is 10.6. The van der Waals surface area contributed by atoms with Gasteiger partial charge in [-0.3, -0.25) is 29.4 Å². The molecule has 10 nitrogen and oxygen atoms in total. The minimum Gasteiger partial charge on any atom is -0.457 e. The Kier molecular flexibility index (Phi) is 11.7. The summed E-state index contributed by atoms with van der Waals surface area (Å²) < 4.78 is 5.83. The van der Waals surface area contributed by atoms with E-state index in [1.54, 1.807) is 25.2 Å². The molecule has 0 atom stereocenters. The van der Waals surface area contributed by atoms with Crippen molar-refractivity contribution in [1.82, 2.24) is 10.2 Å². The van der Waals surface area contributed by atoms with Gasteiger partial charge in [0.05, 0.1) is 21.7 Å². The minimum atomic E-state index is -0.845. The normalized spacial score (nSPS) is 14.4. The van der Waals surface area contributed by atoms with Crippen LogP contribution in [0.3, 0.4) is 0 Å². The number of hydrogen-bond acceptors (Lipinski definition) is 7. The Labute approximate surface area is 301 Å². The van der Waals surface area contributed by atoms with E-state index >= 15 is 0 Å². The maximum Gasteiger partial charge on any atom is 0.288 e. The molecule has 1 aromatic heterocycles. The van der Waals surface area contributed by atoms with Gasteiger partial charge in [0, 0.05) is 17.3 Å². The summed E-state index contributed by atoms with van der Waals surface area (Å²) in [5.41, 5.74) is 1.66. The Morgan fingerprint density at radius 1 is 1.04 bits per heavy atom. The van der Waals surface area contributed by atoms with Crippen LogP contribution < -0.4 is 5.32 Å². The second-order valence-corrected chi connectivity index (χ2v) is 12.3. The van der Waals surface area contributed by atoms with Crippen LogP contribution in [0, 0.1) is 10.1 Å². The predicted molar refractivity (Wildman–Crippen MR) is 197 cm³/mol. The lowest BCUT2D eigenvalue weighted by Crippen LogP contribution is -2.42. The standard InChI is InChI=1S/C37H28Cl2N4O6S/c1-3-5-16-25(4-2)42-36(46)28(19-26-17-18-32(49-26)27-20-31(43(47)48)30(39)21-29(27)38)35(45)41-37(42)50-22-33(44)40-34(23-12-8-6-9-13-23)24-14-10-7-11-15-24/h3-21,34H,1,22H2,2H3,(H,40,44)/b16-5-,25-4+,28-19+. The summed E-state index contributed by atoms with van der Waals surface area (Å²) in [7, 11) is 0. The minimum absolute atomic E-state index is 0.00507. The molecule has 3 aromatic carbocycles. The molecule has 1 aliphatic rings. The first-order valence-electron chi connectivity index (χ1n) is 15.0. The quantitative estimate of drug-likeness (QED) is 0.0538. The van der Waals surface area contributed by atoms with E-state index in [1.165, 1.54) is 41.3 Å². The number of amides is 3. The number of amidine groups is 1. The number of halogens is 2. The molecule has 13 heteroatoms. The average Bonchev–Trinajstić information content (AvgIpc) is 3.58. The highest BCUT2D eigenvalue weighted by Crippen LogP contribution is 2.38. The Morgan fingerprint density at radius 3 is 2.30 bits per heavy atom. The van der Waals surface area contributed by atoms with Crippen molar-refractivity contribution in [3.63, 3.8) is 0 Å². The smallest absolute Gasteiger partial charge is 0.288 e. The van der Waals surface area contributed by atoms with E-state index in [-0.39, 0.29) is 55.2 Å². The van der Waals surface area contributed by atoms with Gasteiger partial charge in [0.25, 0.3) is 17.5 Å². The molecule has 0 unspecified atom stereocenters. The largest absolute Gasteiger partial charge is 0.457 e. The third kappa shape index (κ3) is 8.20. The van der Waals surface area contributed by atoms with Gasteiger partial charge in [-0.1, -0.05) is 120 Å². The Bertz CT molecular complexity index is 2050.